The maximum Gasteiger partial charge on any atom is 0.305 e. The molecule has 0 heterocycles. The molecule has 3 nitrogen and oxygen atoms in total. The van der Waals surface area contributed by atoms with E-state index in [0.717, 1.165) is 38.0 Å². The van der Waals surface area contributed by atoms with Gasteiger partial charge < -0.3 is 9.47 Å². The van der Waals surface area contributed by atoms with Gasteiger partial charge in [-0.2, -0.15) is 0 Å². The van der Waals surface area contributed by atoms with Crippen LogP contribution in [0.25, 0.3) is 11.1 Å². The molecule has 2 rings (SSSR count). The molecule has 0 aliphatic heterocycles. The Kier molecular flexibility index (Phi) is 14.9. The number of aryl methyl sites for hydroxylation is 1. The lowest BCUT2D eigenvalue weighted by Crippen LogP contribution is -2.03. The first-order valence-corrected chi connectivity index (χ1v) is 13.7. The van der Waals surface area contributed by atoms with Crippen LogP contribution in [0.3, 0.4) is 0 Å². The van der Waals surface area contributed by atoms with Crippen molar-refractivity contribution in [2.24, 2.45) is 0 Å². The van der Waals surface area contributed by atoms with Gasteiger partial charge in [-0.15, -0.1) is 0 Å². The molecule has 0 amide bonds. The molecule has 0 unspecified atom stereocenters. The van der Waals surface area contributed by atoms with Crippen LogP contribution in [0.2, 0.25) is 0 Å². The fraction of sp³-hybridized carbons (Fsp3) is 0.581. The van der Waals surface area contributed by atoms with E-state index in [4.69, 9.17) is 9.47 Å². The lowest BCUT2D eigenvalue weighted by molar-refractivity contribution is -0.143. The molecule has 2 aromatic rings. The van der Waals surface area contributed by atoms with Gasteiger partial charge >= 0.3 is 5.97 Å². The van der Waals surface area contributed by atoms with Crippen molar-refractivity contribution in [1.82, 2.24) is 0 Å². The van der Waals surface area contributed by atoms with Gasteiger partial charge in [0.15, 0.2) is 0 Å². The lowest BCUT2D eigenvalue weighted by atomic mass is 10.0. The predicted molar refractivity (Wildman–Crippen MR) is 143 cm³/mol. The molecule has 0 aliphatic carbocycles. The molecule has 0 atom stereocenters. The summed E-state index contributed by atoms with van der Waals surface area (Å²) in [4.78, 5) is 11.4. The van der Waals surface area contributed by atoms with Gasteiger partial charge in [0.05, 0.1) is 13.2 Å². The van der Waals surface area contributed by atoms with Crippen LogP contribution in [-0.2, 0) is 16.0 Å². The molecule has 188 valence electrons. The van der Waals surface area contributed by atoms with E-state index in [1.54, 1.807) is 0 Å². The molecule has 0 N–H and O–H groups in total. The third-order valence-corrected chi connectivity index (χ3v) is 6.31. The van der Waals surface area contributed by atoms with E-state index in [9.17, 15) is 4.79 Å². The molecule has 34 heavy (non-hydrogen) atoms. The smallest absolute Gasteiger partial charge is 0.305 e. The molecule has 0 saturated carbocycles. The van der Waals surface area contributed by atoms with Crippen LogP contribution in [-0.4, -0.2) is 19.2 Å². The number of unbranched alkanes of at least 4 members (excludes halogenated alkanes) is 10. The summed E-state index contributed by atoms with van der Waals surface area (Å²) in [6, 6.07) is 17.2. The van der Waals surface area contributed by atoms with E-state index < -0.39 is 0 Å². The van der Waals surface area contributed by atoms with E-state index in [-0.39, 0.29) is 5.97 Å². The molecule has 0 aliphatic rings. The van der Waals surface area contributed by atoms with Crippen molar-refractivity contribution < 1.29 is 14.3 Å². The Hall–Kier alpha value is -2.29. The van der Waals surface area contributed by atoms with Gasteiger partial charge in [0.1, 0.15) is 5.75 Å². The van der Waals surface area contributed by atoms with E-state index in [1.807, 2.05) is 6.92 Å². The largest absolute Gasteiger partial charge is 0.494 e. The highest BCUT2D eigenvalue weighted by atomic mass is 16.5. The monoisotopic (exact) mass is 466 g/mol. The highest BCUT2D eigenvalue weighted by Crippen LogP contribution is 2.23. The predicted octanol–water partition coefficient (Wildman–Crippen LogP) is 8.93. The molecule has 0 aromatic heterocycles. The minimum Gasteiger partial charge on any atom is -0.494 e. The van der Waals surface area contributed by atoms with Gasteiger partial charge in [-0.3, -0.25) is 4.79 Å². The Morgan fingerprint density at radius 3 is 1.79 bits per heavy atom. The quantitative estimate of drug-likeness (QED) is 0.153. The zero-order valence-electron chi connectivity index (χ0n) is 21.7. The van der Waals surface area contributed by atoms with E-state index in [0.29, 0.717) is 13.0 Å². The second-order valence-electron chi connectivity index (χ2n) is 9.26. The van der Waals surface area contributed by atoms with Crippen molar-refractivity contribution >= 4 is 5.97 Å². The number of hydrogen-bond donors (Lipinski definition) is 0. The van der Waals surface area contributed by atoms with Crippen molar-refractivity contribution in [2.45, 2.75) is 104 Å². The van der Waals surface area contributed by atoms with Gasteiger partial charge in [0.25, 0.3) is 0 Å². The van der Waals surface area contributed by atoms with Crippen molar-refractivity contribution in [3.8, 4) is 16.9 Å². The molecule has 0 saturated heterocycles. The number of carbonyl (C=O) groups excluding carboxylic acids is 1. The normalized spacial score (nSPS) is 10.9. The number of esters is 1. The molecule has 0 fully saturated rings. The molecule has 0 bridgehead atoms. The molecule has 2 aromatic carbocycles. The van der Waals surface area contributed by atoms with Crippen molar-refractivity contribution in [3.63, 3.8) is 0 Å². The standard InChI is InChI=1S/C31H46O3/c1-3-5-6-7-8-9-10-11-12-15-26-34-30-24-22-29(23-25-30)28-20-18-27(19-21-28)16-13-14-17-31(32)33-4-2/h18-25H,3-17,26H2,1-2H3. The van der Waals surface area contributed by atoms with Crippen molar-refractivity contribution in [1.29, 1.82) is 0 Å². The van der Waals surface area contributed by atoms with Gasteiger partial charge in [0.2, 0.25) is 0 Å². The summed E-state index contributed by atoms with van der Waals surface area (Å²) in [6.07, 6.45) is 16.8. The first kappa shape index (κ1) is 28.0. The molecule has 3 heteroatoms. The molecular formula is C31H46O3. The summed E-state index contributed by atoms with van der Waals surface area (Å²) in [5.41, 5.74) is 3.74. The maximum atomic E-state index is 11.4. The highest BCUT2D eigenvalue weighted by Gasteiger charge is 2.03. The number of rotatable bonds is 19. The zero-order valence-corrected chi connectivity index (χ0v) is 21.7. The summed E-state index contributed by atoms with van der Waals surface area (Å²) < 4.78 is 10.9. The van der Waals surface area contributed by atoms with Crippen LogP contribution in [0.15, 0.2) is 48.5 Å². The fourth-order valence-electron chi connectivity index (χ4n) is 4.22. The fourth-order valence-corrected chi connectivity index (χ4v) is 4.22. The molecule has 0 spiro atoms. The minimum absolute atomic E-state index is 0.0891. The second-order valence-corrected chi connectivity index (χ2v) is 9.26. The van der Waals surface area contributed by atoms with Crippen LogP contribution in [0.1, 0.15) is 103 Å². The number of hydrogen-bond acceptors (Lipinski definition) is 3. The summed E-state index contributed by atoms with van der Waals surface area (Å²) >= 11 is 0. The van der Waals surface area contributed by atoms with Crippen LogP contribution in [0, 0.1) is 0 Å². The summed E-state index contributed by atoms with van der Waals surface area (Å²) in [6.45, 7) is 5.39. The van der Waals surface area contributed by atoms with E-state index in [1.165, 1.54) is 74.5 Å². The van der Waals surface area contributed by atoms with Gasteiger partial charge in [-0.1, -0.05) is 101 Å². The Morgan fingerprint density at radius 1 is 0.647 bits per heavy atom. The Morgan fingerprint density at radius 2 is 1.21 bits per heavy atom. The minimum atomic E-state index is -0.0891. The topological polar surface area (TPSA) is 35.5 Å². The average Bonchev–Trinajstić information content (AvgIpc) is 2.86. The number of carbonyl (C=O) groups is 1. The first-order chi connectivity index (χ1) is 16.7. The highest BCUT2D eigenvalue weighted by molar-refractivity contribution is 5.69. The van der Waals surface area contributed by atoms with Gasteiger partial charge in [-0.05, 0) is 61.4 Å². The van der Waals surface area contributed by atoms with E-state index in [2.05, 4.69) is 55.5 Å². The van der Waals surface area contributed by atoms with Crippen LogP contribution >= 0.6 is 0 Å². The van der Waals surface area contributed by atoms with Crippen molar-refractivity contribution in [2.75, 3.05) is 13.2 Å². The number of ether oxygens (including phenoxy) is 2. The summed E-state index contributed by atoms with van der Waals surface area (Å²) in [5.74, 6) is 0.867. The van der Waals surface area contributed by atoms with Gasteiger partial charge in [0, 0.05) is 6.42 Å². The second kappa shape index (κ2) is 18.1. The molecule has 0 radical (unpaired) electrons. The van der Waals surface area contributed by atoms with Crippen LogP contribution in [0.5, 0.6) is 5.75 Å². The number of benzene rings is 2. The molecular weight excluding hydrogens is 420 g/mol. The maximum absolute atomic E-state index is 11.4. The summed E-state index contributed by atoms with van der Waals surface area (Å²) in [7, 11) is 0. The average molecular weight is 467 g/mol. The SMILES string of the molecule is CCCCCCCCCCCCOc1ccc(-c2ccc(CCCCC(=O)OCC)cc2)cc1. The third kappa shape index (κ3) is 12.3. The van der Waals surface area contributed by atoms with Crippen LogP contribution in [0.4, 0.5) is 0 Å². The first-order valence-electron chi connectivity index (χ1n) is 13.7. The summed E-state index contributed by atoms with van der Waals surface area (Å²) in [5, 5.41) is 0. The van der Waals surface area contributed by atoms with Crippen molar-refractivity contribution in [3.05, 3.63) is 54.1 Å². The zero-order chi connectivity index (χ0) is 24.3. The third-order valence-electron chi connectivity index (χ3n) is 6.31. The van der Waals surface area contributed by atoms with Gasteiger partial charge in [-0.25, -0.2) is 0 Å². The Labute approximate surface area is 208 Å². The Bertz CT molecular complexity index is 764. The van der Waals surface area contributed by atoms with Crippen LogP contribution < -0.4 is 4.74 Å². The van der Waals surface area contributed by atoms with E-state index >= 15 is 0 Å². The Balaban J connectivity index is 1.58. The lowest BCUT2D eigenvalue weighted by Gasteiger charge is -2.08.